The second-order valence-corrected chi connectivity index (χ2v) is 8.72. The van der Waals surface area contributed by atoms with E-state index in [1.165, 1.54) is 15.9 Å². The molecule has 0 bridgehead atoms. The average molecular weight is 480 g/mol. The summed E-state index contributed by atoms with van der Waals surface area (Å²) in [4.78, 5) is 36.7. The molecule has 1 aliphatic carbocycles. The zero-order valence-corrected chi connectivity index (χ0v) is 19.4. The van der Waals surface area contributed by atoms with Gasteiger partial charge in [0.1, 0.15) is 12.0 Å². The molecule has 0 aromatic rings. The first-order valence-corrected chi connectivity index (χ1v) is 11.1. The first kappa shape index (κ1) is 24.1. The fourth-order valence-corrected chi connectivity index (χ4v) is 4.59. The average Bonchev–Trinajstić information content (AvgIpc) is 2.89. The number of aliphatic imine (C=N–C) groups is 1. The molecule has 4 aliphatic rings. The fraction of sp³-hybridized carbons (Fsp3) is 0.522. The van der Waals surface area contributed by atoms with Crippen LogP contribution in [0.1, 0.15) is 19.3 Å². The van der Waals surface area contributed by atoms with Gasteiger partial charge in [-0.3, -0.25) is 0 Å². The highest BCUT2D eigenvalue weighted by atomic mass is 19.4. The summed E-state index contributed by atoms with van der Waals surface area (Å²) in [5.74, 6) is 0.739. The van der Waals surface area contributed by atoms with Crippen molar-refractivity contribution in [3.8, 4) is 0 Å². The molecule has 0 saturated carbocycles. The van der Waals surface area contributed by atoms with Crippen LogP contribution in [0.5, 0.6) is 0 Å². The predicted octanol–water partition coefficient (Wildman–Crippen LogP) is 3.72. The standard InChI is InChI=1S/C23H28F3N5O3/c1-28-19(8-5-11-34-3)27-12-18-20(28)29(2)21(32)31(18)22(33)30-13-16(14-30)15-6-4-7-17(10-9-15)23(24,25)26/h6-7,9-10,12,16,20H,4-5,8,11,13-14H2,1-3H3. The Hall–Kier alpha value is -3.08. The number of fused-ring (bicyclic) bond motifs is 1. The largest absolute Gasteiger partial charge is 0.416 e. The van der Waals surface area contributed by atoms with Gasteiger partial charge in [0.15, 0.2) is 0 Å². The summed E-state index contributed by atoms with van der Waals surface area (Å²) < 4.78 is 44.0. The molecule has 0 aromatic heterocycles. The molecule has 3 heterocycles. The van der Waals surface area contributed by atoms with Crippen molar-refractivity contribution in [1.29, 1.82) is 0 Å². The highest BCUT2D eigenvalue weighted by Gasteiger charge is 2.49. The molecule has 3 aliphatic heterocycles. The van der Waals surface area contributed by atoms with Gasteiger partial charge in [0.05, 0.1) is 17.5 Å². The van der Waals surface area contributed by atoms with Gasteiger partial charge in [-0.25, -0.2) is 19.5 Å². The lowest BCUT2D eigenvalue weighted by Gasteiger charge is -2.41. The molecule has 0 N–H and O–H groups in total. The monoisotopic (exact) mass is 479 g/mol. The van der Waals surface area contributed by atoms with Crippen molar-refractivity contribution in [1.82, 2.24) is 19.6 Å². The molecule has 184 valence electrons. The summed E-state index contributed by atoms with van der Waals surface area (Å²) in [6, 6.07) is -0.877. The molecule has 2 fully saturated rings. The number of amidine groups is 1. The number of halogens is 3. The van der Waals surface area contributed by atoms with E-state index in [0.29, 0.717) is 31.8 Å². The quantitative estimate of drug-likeness (QED) is 0.564. The van der Waals surface area contributed by atoms with Gasteiger partial charge in [-0.15, -0.1) is 0 Å². The topological polar surface area (TPSA) is 68.7 Å². The van der Waals surface area contributed by atoms with Gasteiger partial charge < -0.3 is 19.4 Å². The Kier molecular flexibility index (Phi) is 6.57. The number of rotatable bonds is 5. The van der Waals surface area contributed by atoms with Crippen molar-refractivity contribution in [2.24, 2.45) is 10.9 Å². The summed E-state index contributed by atoms with van der Waals surface area (Å²) >= 11 is 0. The number of likely N-dealkylation sites (tertiary alicyclic amines) is 1. The van der Waals surface area contributed by atoms with Crippen LogP contribution < -0.4 is 0 Å². The predicted molar refractivity (Wildman–Crippen MR) is 120 cm³/mol. The lowest BCUT2D eigenvalue weighted by Crippen LogP contribution is -2.55. The minimum absolute atomic E-state index is 0.0687. The maximum Gasteiger partial charge on any atom is 0.416 e. The Bertz CT molecular complexity index is 1010. The number of hydrogen-bond donors (Lipinski definition) is 0. The summed E-state index contributed by atoms with van der Waals surface area (Å²) in [7, 11) is 5.12. The van der Waals surface area contributed by atoms with Gasteiger partial charge in [0.25, 0.3) is 0 Å². The van der Waals surface area contributed by atoms with E-state index in [-0.39, 0.29) is 12.3 Å². The number of urea groups is 2. The lowest BCUT2D eigenvalue weighted by atomic mass is 9.90. The van der Waals surface area contributed by atoms with Crippen LogP contribution in [0.2, 0.25) is 0 Å². The van der Waals surface area contributed by atoms with E-state index in [0.717, 1.165) is 34.9 Å². The molecule has 1 unspecified atom stereocenters. The molecule has 4 rings (SSSR count). The van der Waals surface area contributed by atoms with Crippen LogP contribution in [0.3, 0.4) is 0 Å². The number of methoxy groups -OCH3 is 1. The van der Waals surface area contributed by atoms with Crippen molar-refractivity contribution in [3.63, 3.8) is 0 Å². The van der Waals surface area contributed by atoms with E-state index in [4.69, 9.17) is 4.74 Å². The number of amides is 4. The Labute approximate surface area is 196 Å². The van der Waals surface area contributed by atoms with Crippen LogP contribution in [0.15, 0.2) is 52.3 Å². The summed E-state index contributed by atoms with van der Waals surface area (Å²) in [6.07, 6.45) is 3.88. The second kappa shape index (κ2) is 9.28. The Balaban J connectivity index is 1.42. The molecule has 0 spiro atoms. The number of alkyl halides is 3. The van der Waals surface area contributed by atoms with Gasteiger partial charge in [0, 0.05) is 53.2 Å². The van der Waals surface area contributed by atoms with Crippen molar-refractivity contribution in [2.45, 2.75) is 31.6 Å². The van der Waals surface area contributed by atoms with Crippen LogP contribution >= 0.6 is 0 Å². The van der Waals surface area contributed by atoms with Gasteiger partial charge >= 0.3 is 18.2 Å². The lowest BCUT2D eigenvalue weighted by molar-refractivity contribution is -0.0883. The van der Waals surface area contributed by atoms with Gasteiger partial charge in [-0.1, -0.05) is 24.3 Å². The van der Waals surface area contributed by atoms with E-state index < -0.39 is 30.0 Å². The third-order valence-electron chi connectivity index (χ3n) is 6.54. The smallest absolute Gasteiger partial charge is 0.385 e. The van der Waals surface area contributed by atoms with Crippen molar-refractivity contribution in [2.75, 3.05) is 40.9 Å². The third kappa shape index (κ3) is 4.36. The molecule has 0 radical (unpaired) electrons. The number of imide groups is 1. The molecule has 11 heteroatoms. The van der Waals surface area contributed by atoms with E-state index in [9.17, 15) is 22.8 Å². The van der Waals surface area contributed by atoms with E-state index in [1.54, 1.807) is 26.4 Å². The number of hydrogen-bond acceptors (Lipinski definition) is 5. The molecule has 4 amide bonds. The van der Waals surface area contributed by atoms with Crippen molar-refractivity contribution >= 4 is 17.9 Å². The van der Waals surface area contributed by atoms with E-state index in [1.807, 2.05) is 11.9 Å². The van der Waals surface area contributed by atoms with E-state index >= 15 is 0 Å². The molecule has 34 heavy (non-hydrogen) atoms. The number of nitrogens with zero attached hydrogens (tertiary/aromatic N) is 5. The van der Waals surface area contributed by atoms with Gasteiger partial charge in [-0.05, 0) is 18.4 Å². The zero-order chi connectivity index (χ0) is 24.6. The maximum absolute atomic E-state index is 13.2. The third-order valence-corrected chi connectivity index (χ3v) is 6.54. The fourth-order valence-electron chi connectivity index (χ4n) is 4.59. The van der Waals surface area contributed by atoms with Crippen molar-refractivity contribution < 1.29 is 27.5 Å². The van der Waals surface area contributed by atoms with Crippen LogP contribution in [0.4, 0.5) is 22.8 Å². The number of allylic oxidation sites excluding steroid dienone is 5. The van der Waals surface area contributed by atoms with Crippen molar-refractivity contribution in [3.05, 3.63) is 47.3 Å². The summed E-state index contributed by atoms with van der Waals surface area (Å²) in [5.41, 5.74) is 0.592. The number of ether oxygens (including phenoxy) is 1. The van der Waals surface area contributed by atoms with Crippen LogP contribution in [-0.2, 0) is 4.74 Å². The van der Waals surface area contributed by atoms with Gasteiger partial charge in [0.2, 0.25) is 0 Å². The molecule has 1 atom stereocenters. The first-order valence-electron chi connectivity index (χ1n) is 11.1. The molecular weight excluding hydrogens is 451 g/mol. The Morgan fingerprint density at radius 2 is 1.91 bits per heavy atom. The molecule has 2 saturated heterocycles. The maximum atomic E-state index is 13.2. The first-order chi connectivity index (χ1) is 16.1. The van der Waals surface area contributed by atoms with Crippen LogP contribution in [0, 0.1) is 5.92 Å². The molecule has 0 aromatic carbocycles. The number of likely N-dealkylation sites (N-methyl/N-ethyl adjacent to an activating group) is 2. The van der Waals surface area contributed by atoms with Crippen LogP contribution in [0.25, 0.3) is 0 Å². The molecular formula is C23H28F3N5O3. The number of carbonyl (C=O) groups is 2. The highest BCUT2D eigenvalue weighted by Crippen LogP contribution is 2.35. The molecule has 8 nitrogen and oxygen atoms in total. The Morgan fingerprint density at radius 1 is 1.18 bits per heavy atom. The second-order valence-electron chi connectivity index (χ2n) is 8.72. The zero-order valence-electron chi connectivity index (χ0n) is 19.4. The Morgan fingerprint density at radius 3 is 2.59 bits per heavy atom. The summed E-state index contributed by atoms with van der Waals surface area (Å²) in [6.45, 7) is 1.27. The van der Waals surface area contributed by atoms with Gasteiger partial charge in [-0.2, -0.15) is 13.2 Å². The normalized spacial score (nSPS) is 23.2. The number of carbonyl (C=O) groups excluding carboxylic acids is 2. The highest BCUT2D eigenvalue weighted by molar-refractivity contribution is 6.00. The van der Waals surface area contributed by atoms with E-state index in [2.05, 4.69) is 4.99 Å². The minimum Gasteiger partial charge on any atom is -0.385 e. The minimum atomic E-state index is -4.38. The SMILES string of the molecule is COCCCC1=NC=C2C(N(C)C(=O)N2C(=O)N2CC(C3=CCC=C(C(F)(F)F)C=C3)C2)N1C. The summed E-state index contributed by atoms with van der Waals surface area (Å²) in [5, 5.41) is 0. The van der Waals surface area contributed by atoms with Crippen LogP contribution in [-0.4, -0.2) is 90.7 Å².